The van der Waals surface area contributed by atoms with Gasteiger partial charge in [0, 0.05) is 32.6 Å². The maximum absolute atomic E-state index is 13.0. The molecule has 1 N–H and O–H groups in total. The first-order valence-corrected chi connectivity index (χ1v) is 12.0. The van der Waals surface area contributed by atoms with Crippen molar-refractivity contribution in [3.8, 4) is 0 Å². The number of nitrogens with zero attached hydrogens (tertiary/aromatic N) is 2. The van der Waals surface area contributed by atoms with Crippen LogP contribution in [-0.2, 0) is 14.8 Å². The summed E-state index contributed by atoms with van der Waals surface area (Å²) in [5.74, 6) is 0.523. The molecule has 2 fully saturated rings. The SMILES string of the molecule is CC1CCCN(NC(=O)CC2CCCN(S(=O)(=O)c3cccc(Cl)c3Cl)C2)C1. The number of hydrogen-bond donors (Lipinski definition) is 1. The second-order valence-electron chi connectivity index (χ2n) is 7.86. The number of carbonyl (C=O) groups excluding carboxylic acids is 1. The van der Waals surface area contributed by atoms with E-state index in [2.05, 4.69) is 12.3 Å². The number of hydrazine groups is 1. The first kappa shape index (κ1) is 21.8. The Labute approximate surface area is 177 Å². The summed E-state index contributed by atoms with van der Waals surface area (Å²) in [6.45, 7) is 4.66. The van der Waals surface area contributed by atoms with Crippen molar-refractivity contribution in [2.45, 2.75) is 43.9 Å². The Morgan fingerprint density at radius 3 is 2.68 bits per heavy atom. The predicted octanol–water partition coefficient (Wildman–Crippen LogP) is 3.55. The minimum Gasteiger partial charge on any atom is -0.289 e. The maximum atomic E-state index is 13.0. The molecule has 2 atom stereocenters. The molecule has 2 unspecified atom stereocenters. The van der Waals surface area contributed by atoms with Crippen LogP contribution in [0.5, 0.6) is 0 Å². The van der Waals surface area contributed by atoms with Gasteiger partial charge in [0.15, 0.2) is 0 Å². The van der Waals surface area contributed by atoms with Crippen molar-refractivity contribution in [3.05, 3.63) is 28.2 Å². The third-order valence-corrected chi connectivity index (χ3v) is 8.27. The zero-order valence-corrected chi connectivity index (χ0v) is 18.4. The fraction of sp³-hybridized carbons (Fsp3) is 0.632. The van der Waals surface area contributed by atoms with Crippen LogP contribution in [0.25, 0.3) is 0 Å². The van der Waals surface area contributed by atoms with Crippen LogP contribution in [0.4, 0.5) is 0 Å². The Kier molecular flexibility index (Phi) is 7.26. The van der Waals surface area contributed by atoms with Gasteiger partial charge in [-0.05, 0) is 49.7 Å². The van der Waals surface area contributed by atoms with E-state index < -0.39 is 10.0 Å². The molecule has 9 heteroatoms. The molecule has 1 aromatic carbocycles. The molecule has 2 aliphatic heterocycles. The minimum absolute atomic E-state index is 0.0105. The maximum Gasteiger partial charge on any atom is 0.244 e. The van der Waals surface area contributed by atoms with Gasteiger partial charge in [0.05, 0.1) is 10.0 Å². The molecule has 2 aliphatic rings. The summed E-state index contributed by atoms with van der Waals surface area (Å²) >= 11 is 12.1. The van der Waals surface area contributed by atoms with E-state index in [0.717, 1.165) is 32.4 Å². The number of nitrogens with one attached hydrogen (secondary N) is 1. The van der Waals surface area contributed by atoms with Gasteiger partial charge in [-0.2, -0.15) is 4.31 Å². The fourth-order valence-corrected chi connectivity index (χ4v) is 6.30. The van der Waals surface area contributed by atoms with Crippen LogP contribution in [0.2, 0.25) is 10.0 Å². The highest BCUT2D eigenvalue weighted by Gasteiger charge is 2.33. The van der Waals surface area contributed by atoms with Crippen LogP contribution in [0.15, 0.2) is 23.1 Å². The van der Waals surface area contributed by atoms with E-state index in [1.165, 1.54) is 16.8 Å². The summed E-state index contributed by atoms with van der Waals surface area (Å²) in [5, 5.41) is 2.24. The second-order valence-corrected chi connectivity index (χ2v) is 10.5. The Balaban J connectivity index is 1.62. The second kappa shape index (κ2) is 9.30. The Bertz CT molecular complexity index is 819. The average molecular weight is 448 g/mol. The van der Waals surface area contributed by atoms with Gasteiger partial charge in [0.1, 0.15) is 4.90 Å². The molecule has 2 saturated heterocycles. The van der Waals surface area contributed by atoms with E-state index in [-0.39, 0.29) is 26.8 Å². The average Bonchev–Trinajstić information content (AvgIpc) is 2.64. The summed E-state index contributed by atoms with van der Waals surface area (Å²) in [6.07, 6.45) is 4.14. The van der Waals surface area contributed by atoms with Gasteiger partial charge in [-0.25, -0.2) is 13.4 Å². The van der Waals surface area contributed by atoms with Gasteiger partial charge in [0.2, 0.25) is 15.9 Å². The van der Waals surface area contributed by atoms with E-state index in [9.17, 15) is 13.2 Å². The van der Waals surface area contributed by atoms with Crippen LogP contribution in [0.1, 0.15) is 39.0 Å². The van der Waals surface area contributed by atoms with Crippen molar-refractivity contribution in [2.24, 2.45) is 11.8 Å². The fourth-order valence-electron chi connectivity index (χ4n) is 4.01. The molecule has 6 nitrogen and oxygen atoms in total. The van der Waals surface area contributed by atoms with E-state index in [4.69, 9.17) is 23.2 Å². The number of benzene rings is 1. The van der Waals surface area contributed by atoms with Crippen molar-refractivity contribution >= 4 is 39.1 Å². The molecule has 28 heavy (non-hydrogen) atoms. The van der Waals surface area contributed by atoms with Crippen molar-refractivity contribution in [3.63, 3.8) is 0 Å². The lowest BCUT2D eigenvalue weighted by Gasteiger charge is -2.34. The van der Waals surface area contributed by atoms with Crippen molar-refractivity contribution in [1.82, 2.24) is 14.7 Å². The highest BCUT2D eigenvalue weighted by molar-refractivity contribution is 7.89. The molecule has 0 radical (unpaired) electrons. The van der Waals surface area contributed by atoms with Crippen LogP contribution < -0.4 is 5.43 Å². The van der Waals surface area contributed by atoms with E-state index in [0.29, 0.717) is 25.4 Å². The van der Waals surface area contributed by atoms with E-state index in [1.807, 2.05) is 5.01 Å². The molecule has 0 bridgehead atoms. The number of sulfonamides is 1. The van der Waals surface area contributed by atoms with Crippen molar-refractivity contribution in [1.29, 1.82) is 0 Å². The monoisotopic (exact) mass is 447 g/mol. The van der Waals surface area contributed by atoms with Crippen molar-refractivity contribution in [2.75, 3.05) is 26.2 Å². The van der Waals surface area contributed by atoms with Gasteiger partial charge >= 0.3 is 0 Å². The first-order chi connectivity index (χ1) is 13.3. The van der Waals surface area contributed by atoms with Gasteiger partial charge in [-0.3, -0.25) is 10.2 Å². The number of piperidine rings is 2. The number of amides is 1. The third kappa shape index (κ3) is 5.19. The van der Waals surface area contributed by atoms with Crippen LogP contribution in [0.3, 0.4) is 0 Å². The zero-order valence-electron chi connectivity index (χ0n) is 16.0. The summed E-state index contributed by atoms with van der Waals surface area (Å²) in [5.41, 5.74) is 2.99. The number of rotatable bonds is 5. The van der Waals surface area contributed by atoms with E-state index in [1.54, 1.807) is 12.1 Å². The van der Waals surface area contributed by atoms with Crippen LogP contribution >= 0.6 is 23.2 Å². The Morgan fingerprint density at radius 2 is 1.93 bits per heavy atom. The van der Waals surface area contributed by atoms with Gasteiger partial charge in [-0.1, -0.05) is 36.2 Å². The summed E-state index contributed by atoms with van der Waals surface area (Å²) < 4.78 is 27.5. The molecule has 0 aromatic heterocycles. The van der Waals surface area contributed by atoms with Crippen LogP contribution in [0, 0.1) is 11.8 Å². The molecule has 1 aromatic rings. The summed E-state index contributed by atoms with van der Waals surface area (Å²) in [7, 11) is -3.74. The number of hydrogen-bond acceptors (Lipinski definition) is 4. The van der Waals surface area contributed by atoms with Gasteiger partial charge in [-0.15, -0.1) is 0 Å². The molecule has 0 saturated carbocycles. The Hall–Kier alpha value is -0.860. The summed E-state index contributed by atoms with van der Waals surface area (Å²) in [6, 6.07) is 4.61. The quantitative estimate of drug-likeness (QED) is 0.748. The lowest BCUT2D eigenvalue weighted by molar-refractivity contribution is -0.128. The predicted molar refractivity (Wildman–Crippen MR) is 111 cm³/mol. The van der Waals surface area contributed by atoms with Crippen LogP contribution in [-0.4, -0.2) is 49.8 Å². The largest absolute Gasteiger partial charge is 0.289 e. The summed E-state index contributed by atoms with van der Waals surface area (Å²) in [4.78, 5) is 12.5. The molecule has 3 rings (SSSR count). The molecular formula is C19H27Cl2N3O3S. The first-order valence-electron chi connectivity index (χ1n) is 9.76. The lowest BCUT2D eigenvalue weighted by atomic mass is 9.96. The molecule has 0 aliphatic carbocycles. The standard InChI is InChI=1S/C19H27Cl2N3O3S/c1-14-5-3-9-23(12-14)22-18(25)11-15-6-4-10-24(13-15)28(26,27)17-8-2-7-16(20)19(17)21/h2,7-8,14-15H,3-6,9-13H2,1H3,(H,22,25). The highest BCUT2D eigenvalue weighted by atomic mass is 35.5. The smallest absolute Gasteiger partial charge is 0.244 e. The van der Waals surface area contributed by atoms with Crippen molar-refractivity contribution < 1.29 is 13.2 Å². The topological polar surface area (TPSA) is 69.7 Å². The molecule has 2 heterocycles. The number of carbonyl (C=O) groups is 1. The lowest BCUT2D eigenvalue weighted by Crippen LogP contribution is -2.48. The van der Waals surface area contributed by atoms with Gasteiger partial charge in [0.25, 0.3) is 0 Å². The Morgan fingerprint density at radius 1 is 1.18 bits per heavy atom. The highest BCUT2D eigenvalue weighted by Crippen LogP contribution is 2.33. The molecule has 156 valence electrons. The number of halogens is 2. The third-order valence-electron chi connectivity index (χ3n) is 5.43. The van der Waals surface area contributed by atoms with E-state index >= 15 is 0 Å². The molecular weight excluding hydrogens is 421 g/mol. The molecule has 0 spiro atoms. The van der Waals surface area contributed by atoms with Gasteiger partial charge < -0.3 is 0 Å². The normalized spacial score (nSPS) is 24.8. The minimum atomic E-state index is -3.74. The molecule has 1 amide bonds. The zero-order chi connectivity index (χ0) is 20.3.